The molecule has 0 aliphatic heterocycles. The first kappa shape index (κ1) is 38.4. The van der Waals surface area contributed by atoms with Gasteiger partial charge in [-0.3, -0.25) is 0 Å². The number of unbranched alkanes of at least 4 members (excludes halogenated alkanes) is 2. The molecule has 0 radical (unpaired) electrons. The van der Waals surface area contributed by atoms with Gasteiger partial charge in [-0.2, -0.15) is 0 Å². The Balaban J connectivity index is -0.000000160. The van der Waals surface area contributed by atoms with Gasteiger partial charge in [0.15, 0.2) is 0 Å². The van der Waals surface area contributed by atoms with E-state index in [1.54, 1.807) is 0 Å². The van der Waals surface area contributed by atoms with Crippen LogP contribution in [0, 0.1) is 22.7 Å². The van der Waals surface area contributed by atoms with Crippen molar-refractivity contribution in [3.63, 3.8) is 0 Å². The molecule has 7 heteroatoms. The molecule has 0 saturated heterocycles. The van der Waals surface area contributed by atoms with Gasteiger partial charge < -0.3 is 16.6 Å². The van der Waals surface area contributed by atoms with E-state index in [0.29, 0.717) is 10.8 Å². The SMILES string of the molecule is CC(C)CC(C)(C)CN.CC(C)CC(C)(C)CN.CCCCCC(C)O.C[As](=O)(O)O. The van der Waals surface area contributed by atoms with Crippen LogP contribution in [0.2, 0.25) is 5.71 Å². The number of nitrogens with two attached hydrogens (primary N) is 2. The molecule has 0 fully saturated rings. The summed E-state index contributed by atoms with van der Waals surface area (Å²) >= 11 is -4.12. The van der Waals surface area contributed by atoms with Gasteiger partial charge in [0, 0.05) is 0 Å². The van der Waals surface area contributed by atoms with Gasteiger partial charge in [-0.15, -0.1) is 0 Å². The molecule has 0 aromatic rings. The molecule has 0 aliphatic rings. The zero-order chi connectivity index (χ0) is 25.9. The Morgan fingerprint density at radius 1 is 0.806 bits per heavy atom. The van der Waals surface area contributed by atoms with E-state index in [-0.39, 0.29) is 6.10 Å². The molecule has 1 atom stereocenters. The predicted octanol–water partition coefficient (Wildman–Crippen LogP) is 4.95. The summed E-state index contributed by atoms with van der Waals surface area (Å²) in [6.07, 6.45) is 6.99. The van der Waals surface area contributed by atoms with Gasteiger partial charge in [0.2, 0.25) is 0 Å². The number of aliphatic hydroxyl groups is 1. The summed E-state index contributed by atoms with van der Waals surface area (Å²) < 4.78 is 24.8. The summed E-state index contributed by atoms with van der Waals surface area (Å²) in [5, 5.41) is 8.78. The molecule has 0 amide bonds. The minimum atomic E-state index is -4.12. The monoisotopic (exact) mass is 514 g/mol. The number of rotatable bonds is 10. The van der Waals surface area contributed by atoms with E-state index in [1.807, 2.05) is 6.92 Å². The molecule has 7 N–H and O–H groups in total. The van der Waals surface area contributed by atoms with Crippen molar-refractivity contribution in [2.45, 2.75) is 120 Å². The fourth-order valence-corrected chi connectivity index (χ4v) is 3.07. The molecule has 0 aromatic carbocycles. The van der Waals surface area contributed by atoms with Crippen LogP contribution in [0.15, 0.2) is 0 Å². The molecular weight excluding hydrogens is 455 g/mol. The molecule has 0 heterocycles. The van der Waals surface area contributed by atoms with Crippen LogP contribution in [-0.2, 0) is 3.74 Å². The molecule has 0 aromatic heterocycles. The Kier molecular flexibility index (Phi) is 25.7. The van der Waals surface area contributed by atoms with Crippen molar-refractivity contribution in [3.05, 3.63) is 0 Å². The van der Waals surface area contributed by atoms with Crippen LogP contribution < -0.4 is 11.5 Å². The summed E-state index contributed by atoms with van der Waals surface area (Å²) in [6.45, 7) is 23.4. The summed E-state index contributed by atoms with van der Waals surface area (Å²) in [7, 11) is 0. The van der Waals surface area contributed by atoms with Gasteiger partial charge >= 0.3 is 31.8 Å². The van der Waals surface area contributed by atoms with Gasteiger partial charge in [-0.25, -0.2) is 0 Å². The fraction of sp³-hybridized carbons (Fsp3) is 1.00. The Morgan fingerprint density at radius 3 is 1.23 bits per heavy atom. The van der Waals surface area contributed by atoms with E-state index in [9.17, 15) is 3.74 Å². The fourth-order valence-electron chi connectivity index (χ4n) is 3.07. The van der Waals surface area contributed by atoms with Crippen LogP contribution in [0.3, 0.4) is 0 Å². The van der Waals surface area contributed by atoms with E-state index in [4.69, 9.17) is 24.8 Å². The molecule has 1 unspecified atom stereocenters. The summed E-state index contributed by atoms with van der Waals surface area (Å²) in [5.41, 5.74) is 12.7. The Morgan fingerprint density at radius 2 is 1.10 bits per heavy atom. The van der Waals surface area contributed by atoms with Crippen LogP contribution in [0.5, 0.6) is 0 Å². The average Bonchev–Trinajstić information content (AvgIpc) is 2.52. The van der Waals surface area contributed by atoms with Crippen molar-refractivity contribution in [1.82, 2.24) is 0 Å². The molecule has 0 aliphatic carbocycles. The van der Waals surface area contributed by atoms with Crippen molar-refractivity contribution in [2.24, 2.45) is 34.1 Å². The summed E-state index contributed by atoms with van der Waals surface area (Å²) in [4.78, 5) is 0. The first-order valence-electron chi connectivity index (χ1n) is 11.8. The number of hydrogen-bond donors (Lipinski definition) is 5. The van der Waals surface area contributed by atoms with Crippen LogP contribution in [-0.4, -0.2) is 46.7 Å². The van der Waals surface area contributed by atoms with Crippen LogP contribution >= 0.6 is 0 Å². The zero-order valence-corrected chi connectivity index (χ0v) is 24.6. The zero-order valence-electron chi connectivity index (χ0n) is 22.7. The summed E-state index contributed by atoms with van der Waals surface area (Å²) in [6, 6.07) is 0. The first-order valence-corrected chi connectivity index (χ1v) is 16.2. The Labute approximate surface area is 198 Å². The molecule has 6 nitrogen and oxygen atoms in total. The normalized spacial score (nSPS) is 12.8. The topological polar surface area (TPSA) is 130 Å². The molecule has 0 bridgehead atoms. The third-order valence-corrected chi connectivity index (χ3v) is 4.25. The van der Waals surface area contributed by atoms with E-state index < -0.39 is 14.2 Å². The van der Waals surface area contributed by atoms with Gasteiger partial charge in [-0.1, -0.05) is 81.6 Å². The van der Waals surface area contributed by atoms with Crippen molar-refractivity contribution < 1.29 is 17.0 Å². The maximum absolute atomic E-state index is 9.39. The number of hydrogen-bond acceptors (Lipinski definition) is 4. The molecular formula is C24H59AsN2O4. The van der Waals surface area contributed by atoms with Crippen LogP contribution in [0.25, 0.3) is 0 Å². The van der Waals surface area contributed by atoms with Gasteiger partial charge in [0.25, 0.3) is 0 Å². The van der Waals surface area contributed by atoms with Crippen molar-refractivity contribution in [2.75, 3.05) is 13.1 Å². The third kappa shape index (κ3) is 53.4. The minimum absolute atomic E-state index is 0.0958. The standard InChI is InChI=1S/2C8H19N.C7H16O.CH5AsO3/c2*1-7(2)5-8(3,4)6-9;1-3-4-5-6-7(2)8;1-2(3,4)5/h2*7H,5-6,9H2,1-4H3;7-8H,3-6H2,1-2H3;1H3,(H2,3,4,5). The van der Waals surface area contributed by atoms with Crippen molar-refractivity contribution >= 4 is 14.2 Å². The van der Waals surface area contributed by atoms with Crippen molar-refractivity contribution in [3.8, 4) is 0 Å². The van der Waals surface area contributed by atoms with Crippen LogP contribution in [0.1, 0.15) is 108 Å². The predicted molar refractivity (Wildman–Crippen MR) is 137 cm³/mol. The molecule has 194 valence electrons. The molecule has 0 saturated carbocycles. The van der Waals surface area contributed by atoms with Gasteiger partial charge in [0.1, 0.15) is 0 Å². The van der Waals surface area contributed by atoms with E-state index in [0.717, 1.165) is 37.1 Å². The van der Waals surface area contributed by atoms with E-state index >= 15 is 0 Å². The number of aliphatic hydroxyl groups excluding tert-OH is 1. The summed E-state index contributed by atoms with van der Waals surface area (Å²) in [5.74, 6) is 1.53. The molecule has 0 spiro atoms. The molecule has 31 heavy (non-hydrogen) atoms. The van der Waals surface area contributed by atoms with Gasteiger partial charge in [0.05, 0.1) is 6.10 Å². The third-order valence-electron chi connectivity index (χ3n) is 4.25. The second kappa shape index (κ2) is 20.7. The Hall–Kier alpha value is 0.158. The van der Waals surface area contributed by atoms with E-state index in [1.165, 1.54) is 32.1 Å². The second-order valence-electron chi connectivity index (χ2n) is 11.1. The Bertz CT molecular complexity index is 390. The van der Waals surface area contributed by atoms with Gasteiger partial charge in [-0.05, 0) is 61.9 Å². The van der Waals surface area contributed by atoms with E-state index in [2.05, 4.69) is 62.3 Å². The maximum atomic E-state index is 9.39. The second-order valence-corrected chi connectivity index (χ2v) is 14.6. The quantitative estimate of drug-likeness (QED) is 0.207. The molecule has 0 rings (SSSR count). The van der Waals surface area contributed by atoms with Crippen LogP contribution in [0.4, 0.5) is 0 Å². The first-order chi connectivity index (χ1) is 13.7. The average molecular weight is 515 g/mol. The van der Waals surface area contributed by atoms with Crippen molar-refractivity contribution in [1.29, 1.82) is 0 Å².